The van der Waals surface area contributed by atoms with E-state index in [0.29, 0.717) is 17.9 Å². The monoisotopic (exact) mass is 414 g/mol. The molecule has 0 aliphatic heterocycles. The number of hydrogen-bond acceptors (Lipinski definition) is 4. The lowest BCUT2D eigenvalue weighted by Crippen LogP contribution is -2.37. The molecular weight excluding hydrogens is 401 g/mol. The van der Waals surface area contributed by atoms with Gasteiger partial charge in [0.2, 0.25) is 9.84 Å². The molecule has 1 aliphatic rings. The molecule has 0 saturated heterocycles. The molecule has 0 unspecified atom stereocenters. The highest BCUT2D eigenvalue weighted by molar-refractivity contribution is 7.92. The molecule has 1 aliphatic carbocycles. The first-order valence-corrected chi connectivity index (χ1v) is 9.26. The van der Waals surface area contributed by atoms with Crippen LogP contribution in [0, 0.1) is 0 Å². The number of carbonyl (C=O) groups is 1. The van der Waals surface area contributed by atoms with E-state index in [1.807, 2.05) is 0 Å². The SMILES string of the molecule is CC(F)(F)S(=O)(=O)c1c(Cl)ccc(NC(=O)N[C@H]2CCC=C2Cl)c1O. The van der Waals surface area contributed by atoms with E-state index in [9.17, 15) is 27.1 Å². The summed E-state index contributed by atoms with van der Waals surface area (Å²) in [5.41, 5.74) is -0.386. The Morgan fingerprint density at radius 1 is 1.36 bits per heavy atom. The smallest absolute Gasteiger partial charge is 0.347 e. The number of rotatable bonds is 4. The van der Waals surface area contributed by atoms with Crippen molar-refractivity contribution < 1.29 is 27.1 Å². The lowest BCUT2D eigenvalue weighted by atomic mass is 10.2. The van der Waals surface area contributed by atoms with Crippen LogP contribution < -0.4 is 10.6 Å². The summed E-state index contributed by atoms with van der Waals surface area (Å²) < 4.78 is 50.6. The van der Waals surface area contributed by atoms with Crippen LogP contribution in [0.1, 0.15) is 19.8 Å². The fourth-order valence-corrected chi connectivity index (χ4v) is 3.99. The number of amides is 2. The molecule has 0 fully saturated rings. The Labute approximate surface area is 152 Å². The van der Waals surface area contributed by atoms with Gasteiger partial charge in [-0.15, -0.1) is 0 Å². The van der Waals surface area contributed by atoms with Crippen LogP contribution in [0.5, 0.6) is 5.75 Å². The number of nitrogens with one attached hydrogen (secondary N) is 2. The van der Waals surface area contributed by atoms with Crippen molar-refractivity contribution >= 4 is 44.8 Å². The maximum absolute atomic E-state index is 13.4. The van der Waals surface area contributed by atoms with Gasteiger partial charge in [0.15, 0.2) is 5.75 Å². The maximum Gasteiger partial charge on any atom is 0.347 e. The van der Waals surface area contributed by atoms with E-state index in [2.05, 4.69) is 10.6 Å². The topological polar surface area (TPSA) is 95.5 Å². The summed E-state index contributed by atoms with van der Waals surface area (Å²) in [7, 11) is -5.24. The van der Waals surface area contributed by atoms with Crippen LogP contribution in [0.3, 0.4) is 0 Å². The molecule has 0 bridgehead atoms. The summed E-state index contributed by atoms with van der Waals surface area (Å²) in [6.45, 7) is 0.166. The minimum Gasteiger partial charge on any atom is -0.504 e. The van der Waals surface area contributed by atoms with Gasteiger partial charge < -0.3 is 15.7 Å². The van der Waals surface area contributed by atoms with Crippen LogP contribution in [0.25, 0.3) is 0 Å². The number of allylic oxidation sites excluding steroid dienone is 1. The van der Waals surface area contributed by atoms with Gasteiger partial charge in [-0.2, -0.15) is 8.78 Å². The number of benzene rings is 1. The molecule has 0 spiro atoms. The van der Waals surface area contributed by atoms with Gasteiger partial charge in [-0.3, -0.25) is 0 Å². The highest BCUT2D eigenvalue weighted by Crippen LogP contribution is 2.42. The van der Waals surface area contributed by atoms with Gasteiger partial charge in [-0.05, 0) is 25.0 Å². The van der Waals surface area contributed by atoms with E-state index in [-0.39, 0.29) is 12.6 Å². The van der Waals surface area contributed by atoms with Gasteiger partial charge in [-0.25, -0.2) is 13.2 Å². The molecule has 1 aromatic carbocycles. The molecule has 1 atom stereocenters. The summed E-state index contributed by atoms with van der Waals surface area (Å²) in [6.07, 6.45) is 3.00. The van der Waals surface area contributed by atoms with Gasteiger partial charge in [0.25, 0.3) is 0 Å². The van der Waals surface area contributed by atoms with Crippen molar-refractivity contribution in [3.8, 4) is 5.75 Å². The summed E-state index contributed by atoms with van der Waals surface area (Å²) in [6, 6.07) is 0.871. The quantitative estimate of drug-likeness (QED) is 0.652. The predicted octanol–water partition coefficient (Wildman–Crippen LogP) is 3.84. The number of aromatic hydroxyl groups is 1. The third-order valence-corrected chi connectivity index (χ3v) is 6.24. The molecule has 6 nitrogen and oxygen atoms in total. The van der Waals surface area contributed by atoms with Crippen molar-refractivity contribution in [2.24, 2.45) is 0 Å². The van der Waals surface area contributed by atoms with Crippen LogP contribution in [-0.4, -0.2) is 30.9 Å². The zero-order valence-electron chi connectivity index (χ0n) is 12.8. The predicted molar refractivity (Wildman–Crippen MR) is 90.0 cm³/mol. The average molecular weight is 415 g/mol. The molecule has 0 saturated carbocycles. The third kappa shape index (κ3) is 3.99. The van der Waals surface area contributed by atoms with Crippen LogP contribution in [0.4, 0.5) is 19.3 Å². The van der Waals surface area contributed by atoms with Crippen LogP contribution in [0.15, 0.2) is 28.1 Å². The number of carbonyl (C=O) groups excluding carboxylic acids is 1. The second kappa shape index (κ2) is 6.97. The van der Waals surface area contributed by atoms with Crippen molar-refractivity contribution in [3.63, 3.8) is 0 Å². The number of phenols is 1. The molecule has 0 aromatic heterocycles. The van der Waals surface area contributed by atoms with Gasteiger partial charge in [0, 0.05) is 12.0 Å². The van der Waals surface area contributed by atoms with Gasteiger partial charge in [0.05, 0.1) is 16.8 Å². The Kier molecular flexibility index (Phi) is 5.50. The van der Waals surface area contributed by atoms with Crippen LogP contribution in [0.2, 0.25) is 5.02 Å². The first-order chi connectivity index (χ1) is 11.4. The minimum atomic E-state index is -5.24. The molecule has 1 aromatic rings. The van der Waals surface area contributed by atoms with E-state index < -0.39 is 42.8 Å². The minimum absolute atomic E-state index is 0.166. The number of urea groups is 1. The lowest BCUT2D eigenvalue weighted by molar-refractivity contribution is 0.114. The Morgan fingerprint density at radius 3 is 2.52 bits per heavy atom. The summed E-state index contributed by atoms with van der Waals surface area (Å²) >= 11 is 11.6. The summed E-state index contributed by atoms with van der Waals surface area (Å²) in [5, 5.41) is 10.5. The molecule has 11 heteroatoms. The second-order valence-electron chi connectivity index (χ2n) is 5.40. The Balaban J connectivity index is 2.30. The molecule has 2 amide bonds. The van der Waals surface area contributed by atoms with E-state index in [1.165, 1.54) is 0 Å². The highest BCUT2D eigenvalue weighted by Gasteiger charge is 2.44. The van der Waals surface area contributed by atoms with Crippen molar-refractivity contribution in [3.05, 3.63) is 28.3 Å². The number of hydrogen-bond donors (Lipinski definition) is 3. The standard InChI is InChI=1S/C14H14Cl2F2N2O4S/c1-14(17,18)25(23,24)12-8(16)5-6-10(11(12)21)20-13(22)19-9-4-2-3-7(9)15/h3,5-6,9,21H,2,4H2,1H3,(H2,19,20,22)/t9-/m0/s1. The fraction of sp³-hybridized carbons (Fsp3) is 0.357. The number of anilines is 1. The van der Waals surface area contributed by atoms with Gasteiger partial charge in [0.1, 0.15) is 4.90 Å². The zero-order valence-corrected chi connectivity index (χ0v) is 15.1. The molecule has 0 radical (unpaired) electrons. The molecule has 25 heavy (non-hydrogen) atoms. The van der Waals surface area contributed by atoms with E-state index in [0.717, 1.165) is 12.1 Å². The number of alkyl halides is 2. The third-order valence-electron chi connectivity index (χ3n) is 3.51. The van der Waals surface area contributed by atoms with E-state index in [4.69, 9.17) is 23.2 Å². The Hall–Kier alpha value is -1.58. The van der Waals surface area contributed by atoms with Gasteiger partial charge in [-0.1, -0.05) is 29.3 Å². The van der Waals surface area contributed by atoms with Crippen LogP contribution in [-0.2, 0) is 9.84 Å². The highest BCUT2D eigenvalue weighted by atomic mass is 35.5. The van der Waals surface area contributed by atoms with E-state index >= 15 is 0 Å². The fourth-order valence-electron chi connectivity index (χ4n) is 2.21. The Morgan fingerprint density at radius 2 is 2.00 bits per heavy atom. The van der Waals surface area contributed by atoms with Crippen LogP contribution >= 0.6 is 23.2 Å². The normalized spacial score (nSPS) is 18.0. The molecule has 3 N–H and O–H groups in total. The second-order valence-corrected chi connectivity index (χ2v) is 8.38. The summed E-state index contributed by atoms with van der Waals surface area (Å²) in [5.74, 6) is -1.07. The maximum atomic E-state index is 13.4. The Bertz CT molecular complexity index is 838. The summed E-state index contributed by atoms with van der Waals surface area (Å²) in [4.78, 5) is 10.8. The molecule has 138 valence electrons. The first-order valence-electron chi connectivity index (χ1n) is 7.02. The van der Waals surface area contributed by atoms with Crippen molar-refractivity contribution in [1.29, 1.82) is 0 Å². The van der Waals surface area contributed by atoms with E-state index in [1.54, 1.807) is 6.08 Å². The van der Waals surface area contributed by atoms with Crippen molar-refractivity contribution in [2.45, 2.75) is 36.0 Å². The lowest BCUT2D eigenvalue weighted by Gasteiger charge is -2.18. The zero-order chi connectivity index (χ0) is 19.0. The number of halogens is 4. The van der Waals surface area contributed by atoms with Crippen molar-refractivity contribution in [2.75, 3.05) is 5.32 Å². The molecular formula is C14H14Cl2F2N2O4S. The van der Waals surface area contributed by atoms with Crippen molar-refractivity contribution in [1.82, 2.24) is 5.32 Å². The average Bonchev–Trinajstić information content (AvgIpc) is 2.86. The first kappa shape index (κ1) is 19.7. The number of phenolic OH excluding ortho intramolecular Hbond substituents is 1. The molecule has 2 rings (SSSR count). The number of sulfone groups is 1. The molecule has 0 heterocycles. The van der Waals surface area contributed by atoms with Gasteiger partial charge >= 0.3 is 11.3 Å². The largest absolute Gasteiger partial charge is 0.504 e.